The molecule has 0 N–H and O–H groups in total. The maximum atomic E-state index is 12.5. The highest BCUT2D eigenvalue weighted by Crippen LogP contribution is 2.16. The SMILES string of the molecule is CC(=O)[C@H](C(C)C)N(C)C(=O)[C@@H](C)Cc1ccccc1. The first-order chi connectivity index (χ1) is 9.34. The molecule has 0 aliphatic rings. The van der Waals surface area contributed by atoms with Gasteiger partial charge >= 0.3 is 0 Å². The van der Waals surface area contributed by atoms with Crippen LogP contribution in [0.1, 0.15) is 33.3 Å². The average Bonchev–Trinajstić information content (AvgIpc) is 2.37. The van der Waals surface area contributed by atoms with Gasteiger partial charge in [0, 0.05) is 13.0 Å². The van der Waals surface area contributed by atoms with Crippen LogP contribution in [0, 0.1) is 11.8 Å². The molecule has 1 aromatic rings. The summed E-state index contributed by atoms with van der Waals surface area (Å²) in [5.41, 5.74) is 1.14. The van der Waals surface area contributed by atoms with Crippen LogP contribution in [-0.2, 0) is 16.0 Å². The maximum Gasteiger partial charge on any atom is 0.226 e. The lowest BCUT2D eigenvalue weighted by molar-refractivity contribution is -0.141. The second kappa shape index (κ2) is 7.22. The average molecular weight is 275 g/mol. The van der Waals surface area contributed by atoms with E-state index < -0.39 is 0 Å². The van der Waals surface area contributed by atoms with Gasteiger partial charge in [0.15, 0.2) is 5.78 Å². The van der Waals surface area contributed by atoms with Gasteiger partial charge in [0.25, 0.3) is 0 Å². The van der Waals surface area contributed by atoms with Crippen molar-refractivity contribution in [2.75, 3.05) is 7.05 Å². The van der Waals surface area contributed by atoms with E-state index in [9.17, 15) is 9.59 Å². The topological polar surface area (TPSA) is 37.4 Å². The molecule has 0 spiro atoms. The fraction of sp³-hybridized carbons (Fsp3) is 0.529. The molecule has 0 unspecified atom stereocenters. The van der Waals surface area contributed by atoms with Gasteiger partial charge in [-0.15, -0.1) is 0 Å². The number of carbonyl (C=O) groups is 2. The van der Waals surface area contributed by atoms with Crippen LogP contribution in [-0.4, -0.2) is 29.7 Å². The molecule has 0 aliphatic heterocycles. The van der Waals surface area contributed by atoms with Crippen molar-refractivity contribution in [3.63, 3.8) is 0 Å². The van der Waals surface area contributed by atoms with Gasteiger partial charge in [0.2, 0.25) is 5.91 Å². The predicted molar refractivity (Wildman–Crippen MR) is 81.4 cm³/mol. The second-order valence-corrected chi connectivity index (χ2v) is 5.84. The number of nitrogens with zero attached hydrogens (tertiary/aromatic N) is 1. The number of hydrogen-bond acceptors (Lipinski definition) is 2. The Morgan fingerprint density at radius 2 is 1.65 bits per heavy atom. The molecule has 0 bridgehead atoms. The summed E-state index contributed by atoms with van der Waals surface area (Å²) in [7, 11) is 1.73. The lowest BCUT2D eigenvalue weighted by atomic mass is 9.95. The van der Waals surface area contributed by atoms with E-state index in [0.29, 0.717) is 6.42 Å². The van der Waals surface area contributed by atoms with Gasteiger partial charge in [0.05, 0.1) is 6.04 Å². The summed E-state index contributed by atoms with van der Waals surface area (Å²) < 4.78 is 0. The van der Waals surface area contributed by atoms with Crippen molar-refractivity contribution in [3.8, 4) is 0 Å². The Morgan fingerprint density at radius 3 is 2.10 bits per heavy atom. The van der Waals surface area contributed by atoms with Gasteiger partial charge in [-0.1, -0.05) is 51.1 Å². The van der Waals surface area contributed by atoms with Crippen LogP contribution in [0.5, 0.6) is 0 Å². The third-order valence-electron chi connectivity index (χ3n) is 3.62. The number of likely N-dealkylation sites (N-methyl/N-ethyl adjacent to an activating group) is 1. The quantitative estimate of drug-likeness (QED) is 0.800. The van der Waals surface area contributed by atoms with Gasteiger partial charge < -0.3 is 4.90 Å². The van der Waals surface area contributed by atoms with E-state index in [1.54, 1.807) is 18.9 Å². The van der Waals surface area contributed by atoms with Crippen molar-refractivity contribution in [2.45, 2.75) is 40.2 Å². The molecule has 0 saturated heterocycles. The Morgan fingerprint density at radius 1 is 1.10 bits per heavy atom. The fourth-order valence-electron chi connectivity index (χ4n) is 2.73. The minimum Gasteiger partial charge on any atom is -0.335 e. The molecule has 0 aromatic heterocycles. The van der Waals surface area contributed by atoms with E-state index in [1.165, 1.54) is 0 Å². The minimum atomic E-state index is -0.333. The van der Waals surface area contributed by atoms with Crippen molar-refractivity contribution in [1.82, 2.24) is 4.90 Å². The van der Waals surface area contributed by atoms with E-state index in [1.807, 2.05) is 51.1 Å². The summed E-state index contributed by atoms with van der Waals surface area (Å²) in [4.78, 5) is 25.8. The number of carbonyl (C=O) groups excluding carboxylic acids is 2. The molecule has 0 aliphatic carbocycles. The molecular formula is C17H25NO2. The van der Waals surface area contributed by atoms with Crippen LogP contribution in [0.15, 0.2) is 30.3 Å². The highest BCUT2D eigenvalue weighted by Gasteiger charge is 2.29. The van der Waals surface area contributed by atoms with E-state index in [4.69, 9.17) is 0 Å². The Balaban J connectivity index is 2.75. The summed E-state index contributed by atoms with van der Waals surface area (Å²) in [6, 6.07) is 9.63. The molecule has 0 heterocycles. The van der Waals surface area contributed by atoms with Crippen LogP contribution in [0.3, 0.4) is 0 Å². The van der Waals surface area contributed by atoms with Crippen LogP contribution in [0.25, 0.3) is 0 Å². The molecule has 2 atom stereocenters. The Kier molecular flexibility index (Phi) is 5.93. The first kappa shape index (κ1) is 16.4. The van der Waals surface area contributed by atoms with E-state index in [2.05, 4.69) is 0 Å². The zero-order valence-corrected chi connectivity index (χ0v) is 13.1. The highest BCUT2D eigenvalue weighted by atomic mass is 16.2. The highest BCUT2D eigenvalue weighted by molar-refractivity contribution is 5.88. The van der Waals surface area contributed by atoms with Crippen molar-refractivity contribution < 1.29 is 9.59 Å². The van der Waals surface area contributed by atoms with E-state index in [-0.39, 0.29) is 29.6 Å². The summed E-state index contributed by atoms with van der Waals surface area (Å²) >= 11 is 0. The monoisotopic (exact) mass is 275 g/mol. The van der Waals surface area contributed by atoms with Crippen LogP contribution in [0.4, 0.5) is 0 Å². The van der Waals surface area contributed by atoms with Crippen molar-refractivity contribution >= 4 is 11.7 Å². The largest absolute Gasteiger partial charge is 0.335 e. The van der Waals surface area contributed by atoms with Crippen molar-refractivity contribution in [2.24, 2.45) is 11.8 Å². The first-order valence-electron chi connectivity index (χ1n) is 7.15. The normalized spacial score (nSPS) is 13.9. The van der Waals surface area contributed by atoms with Crippen LogP contribution >= 0.6 is 0 Å². The number of benzene rings is 1. The maximum absolute atomic E-state index is 12.5. The summed E-state index contributed by atoms with van der Waals surface area (Å²) in [6.07, 6.45) is 0.701. The number of rotatable bonds is 6. The molecular weight excluding hydrogens is 250 g/mol. The van der Waals surface area contributed by atoms with Crippen LogP contribution < -0.4 is 0 Å². The number of Topliss-reactive ketones (excluding diaryl/α,β-unsaturated/α-hetero) is 1. The zero-order valence-electron chi connectivity index (χ0n) is 13.1. The summed E-state index contributed by atoms with van der Waals surface area (Å²) in [5.74, 6) is 0.0823. The third kappa shape index (κ3) is 4.19. The van der Waals surface area contributed by atoms with Gasteiger partial charge in [-0.25, -0.2) is 0 Å². The molecule has 3 nitrogen and oxygen atoms in total. The number of ketones is 1. The Bertz CT molecular complexity index is 453. The predicted octanol–water partition coefficient (Wildman–Crippen LogP) is 2.94. The van der Waals surface area contributed by atoms with Gasteiger partial charge in [0.1, 0.15) is 0 Å². The number of amides is 1. The number of hydrogen-bond donors (Lipinski definition) is 0. The van der Waals surface area contributed by atoms with Gasteiger partial charge in [-0.2, -0.15) is 0 Å². The van der Waals surface area contributed by atoms with Gasteiger partial charge in [-0.05, 0) is 24.8 Å². The molecule has 0 radical (unpaired) electrons. The molecule has 1 rings (SSSR count). The molecule has 1 aromatic carbocycles. The summed E-state index contributed by atoms with van der Waals surface area (Å²) in [6.45, 7) is 7.41. The molecule has 20 heavy (non-hydrogen) atoms. The molecule has 1 amide bonds. The van der Waals surface area contributed by atoms with Gasteiger partial charge in [-0.3, -0.25) is 9.59 Å². The molecule has 3 heteroatoms. The van der Waals surface area contributed by atoms with E-state index >= 15 is 0 Å². The Hall–Kier alpha value is -1.64. The third-order valence-corrected chi connectivity index (χ3v) is 3.62. The molecule has 0 fully saturated rings. The smallest absolute Gasteiger partial charge is 0.226 e. The standard InChI is InChI=1S/C17H25NO2/c1-12(2)16(14(4)19)18(5)17(20)13(3)11-15-9-7-6-8-10-15/h6-10,12-13,16H,11H2,1-5H3/t13-,16-/m0/s1. The minimum absolute atomic E-state index is 0.0303. The second-order valence-electron chi connectivity index (χ2n) is 5.84. The fourth-order valence-corrected chi connectivity index (χ4v) is 2.73. The van der Waals surface area contributed by atoms with Crippen molar-refractivity contribution in [1.29, 1.82) is 0 Å². The lowest BCUT2D eigenvalue weighted by Gasteiger charge is -2.31. The van der Waals surface area contributed by atoms with Crippen LogP contribution in [0.2, 0.25) is 0 Å². The first-order valence-corrected chi connectivity index (χ1v) is 7.15. The molecule has 110 valence electrons. The summed E-state index contributed by atoms with van der Waals surface area (Å²) in [5, 5.41) is 0. The lowest BCUT2D eigenvalue weighted by Crippen LogP contribution is -2.47. The molecule has 0 saturated carbocycles. The zero-order chi connectivity index (χ0) is 15.3. The Labute approximate surface area is 122 Å². The van der Waals surface area contributed by atoms with Crippen molar-refractivity contribution in [3.05, 3.63) is 35.9 Å². The van der Waals surface area contributed by atoms with E-state index in [0.717, 1.165) is 5.56 Å².